The molecule has 114 valence electrons. The molecular weight excluding hydrogens is 321 g/mol. The van der Waals surface area contributed by atoms with Gasteiger partial charge in [0, 0.05) is 11.6 Å². The maximum atomic E-state index is 12.4. The summed E-state index contributed by atoms with van der Waals surface area (Å²) in [4.78, 5) is -0.486. The number of halogens is 4. The van der Waals surface area contributed by atoms with E-state index in [9.17, 15) is 21.6 Å². The molecule has 0 aliphatic rings. The van der Waals surface area contributed by atoms with E-state index < -0.39 is 40.8 Å². The summed E-state index contributed by atoms with van der Waals surface area (Å²) in [5.74, 6) is 0. The van der Waals surface area contributed by atoms with Crippen LogP contribution in [0.4, 0.5) is 18.9 Å². The smallest absolute Gasteiger partial charge is 0.398 e. The van der Waals surface area contributed by atoms with E-state index in [1.807, 2.05) is 0 Å². The van der Waals surface area contributed by atoms with E-state index >= 15 is 0 Å². The molecular formula is C10H12ClF3N2O3S. The zero-order valence-electron chi connectivity index (χ0n) is 10.1. The predicted molar refractivity (Wildman–Crippen MR) is 67.8 cm³/mol. The third-order valence-corrected chi connectivity index (χ3v) is 4.45. The average molecular weight is 333 g/mol. The standard InChI is InChI=1S/C10H12ClF3N2O3S/c11-7-1-2-9(8(15)5-7)20(18,19)16(3-4-17)6-10(12,13)14/h1-2,5,17H,3-4,6,15H2. The molecule has 0 saturated carbocycles. The predicted octanol–water partition coefficient (Wildman–Crippen LogP) is 1.47. The number of sulfonamides is 1. The lowest BCUT2D eigenvalue weighted by atomic mass is 10.3. The van der Waals surface area contributed by atoms with Crippen LogP contribution in [0.5, 0.6) is 0 Å². The summed E-state index contributed by atoms with van der Waals surface area (Å²) >= 11 is 5.61. The SMILES string of the molecule is Nc1cc(Cl)ccc1S(=O)(=O)N(CCO)CC(F)(F)F. The first kappa shape index (κ1) is 17.0. The second-order valence-electron chi connectivity index (χ2n) is 3.86. The number of aliphatic hydroxyl groups is 1. The maximum Gasteiger partial charge on any atom is 0.402 e. The number of hydrogen-bond donors (Lipinski definition) is 2. The highest BCUT2D eigenvalue weighted by atomic mass is 35.5. The number of alkyl halides is 3. The molecule has 0 saturated heterocycles. The maximum absolute atomic E-state index is 12.4. The van der Waals surface area contributed by atoms with Gasteiger partial charge in [-0.15, -0.1) is 0 Å². The molecule has 0 spiro atoms. The third-order valence-electron chi connectivity index (χ3n) is 2.29. The first-order chi connectivity index (χ1) is 9.08. The Bertz CT molecular complexity index is 578. The number of benzene rings is 1. The number of rotatable bonds is 5. The van der Waals surface area contributed by atoms with Crippen molar-refractivity contribution in [3.05, 3.63) is 23.2 Å². The fraction of sp³-hybridized carbons (Fsp3) is 0.400. The lowest BCUT2D eigenvalue weighted by Crippen LogP contribution is -2.40. The molecule has 0 amide bonds. The molecule has 0 aliphatic carbocycles. The fourth-order valence-electron chi connectivity index (χ4n) is 1.49. The number of anilines is 1. The Kier molecular flexibility index (Phi) is 5.25. The van der Waals surface area contributed by atoms with Gasteiger partial charge in [-0.3, -0.25) is 0 Å². The monoisotopic (exact) mass is 332 g/mol. The molecule has 0 atom stereocenters. The van der Waals surface area contributed by atoms with Gasteiger partial charge in [0.05, 0.1) is 12.3 Å². The molecule has 10 heteroatoms. The number of hydrogen-bond acceptors (Lipinski definition) is 4. The van der Waals surface area contributed by atoms with Crippen LogP contribution in [0.2, 0.25) is 5.02 Å². The number of nitrogens with two attached hydrogens (primary N) is 1. The van der Waals surface area contributed by atoms with Crippen LogP contribution >= 0.6 is 11.6 Å². The largest absolute Gasteiger partial charge is 0.402 e. The van der Waals surface area contributed by atoms with Crippen LogP contribution in [-0.2, 0) is 10.0 Å². The van der Waals surface area contributed by atoms with Gasteiger partial charge >= 0.3 is 6.18 Å². The molecule has 1 rings (SSSR count). The number of nitrogens with zero attached hydrogens (tertiary/aromatic N) is 1. The molecule has 0 aromatic heterocycles. The summed E-state index contributed by atoms with van der Waals surface area (Å²) in [5, 5.41) is 8.89. The summed E-state index contributed by atoms with van der Waals surface area (Å²) in [6.45, 7) is -3.15. The van der Waals surface area contributed by atoms with Gasteiger partial charge in [-0.05, 0) is 18.2 Å². The van der Waals surface area contributed by atoms with Crippen molar-refractivity contribution in [1.29, 1.82) is 0 Å². The third kappa shape index (κ3) is 4.23. The first-order valence-corrected chi connectivity index (χ1v) is 7.12. The number of aliphatic hydroxyl groups excluding tert-OH is 1. The van der Waals surface area contributed by atoms with Gasteiger partial charge in [-0.2, -0.15) is 17.5 Å². The zero-order chi connectivity index (χ0) is 15.6. The van der Waals surface area contributed by atoms with E-state index in [2.05, 4.69) is 0 Å². The quantitative estimate of drug-likeness (QED) is 0.800. The molecule has 20 heavy (non-hydrogen) atoms. The Labute approximate surface area is 118 Å². The highest BCUT2D eigenvalue weighted by Gasteiger charge is 2.37. The molecule has 0 radical (unpaired) electrons. The van der Waals surface area contributed by atoms with Crippen molar-refractivity contribution in [1.82, 2.24) is 4.31 Å². The Balaban J connectivity index is 3.22. The van der Waals surface area contributed by atoms with E-state index in [1.165, 1.54) is 6.07 Å². The van der Waals surface area contributed by atoms with Gasteiger partial charge in [0.1, 0.15) is 11.4 Å². The van der Waals surface area contributed by atoms with Crippen molar-refractivity contribution in [2.75, 3.05) is 25.4 Å². The number of nitrogen functional groups attached to an aromatic ring is 1. The Morgan fingerprint density at radius 2 is 1.95 bits per heavy atom. The van der Waals surface area contributed by atoms with Gasteiger partial charge in [0.15, 0.2) is 0 Å². The second-order valence-corrected chi connectivity index (χ2v) is 6.20. The van der Waals surface area contributed by atoms with Crippen molar-refractivity contribution < 1.29 is 26.7 Å². The molecule has 5 nitrogen and oxygen atoms in total. The van der Waals surface area contributed by atoms with Crippen molar-refractivity contribution in [2.24, 2.45) is 0 Å². The minimum absolute atomic E-state index is 0.118. The highest BCUT2D eigenvalue weighted by molar-refractivity contribution is 7.89. The van der Waals surface area contributed by atoms with Crippen LogP contribution in [0.3, 0.4) is 0 Å². The highest BCUT2D eigenvalue weighted by Crippen LogP contribution is 2.27. The molecule has 3 N–H and O–H groups in total. The summed E-state index contributed by atoms with van der Waals surface area (Å²) < 4.78 is 61.6. The molecule has 0 bridgehead atoms. The van der Waals surface area contributed by atoms with Crippen molar-refractivity contribution in [3.63, 3.8) is 0 Å². The summed E-state index contributed by atoms with van der Waals surface area (Å²) in [5.41, 5.74) is 5.21. The molecule has 0 heterocycles. The molecule has 1 aromatic carbocycles. The topological polar surface area (TPSA) is 83.6 Å². The van der Waals surface area contributed by atoms with E-state index in [0.29, 0.717) is 0 Å². The average Bonchev–Trinajstić information content (AvgIpc) is 2.26. The minimum atomic E-state index is -4.73. The van der Waals surface area contributed by atoms with Crippen LogP contribution in [0.1, 0.15) is 0 Å². The van der Waals surface area contributed by atoms with Gasteiger partial charge in [0.2, 0.25) is 10.0 Å². The van der Waals surface area contributed by atoms with E-state index in [0.717, 1.165) is 12.1 Å². The van der Waals surface area contributed by atoms with Crippen molar-refractivity contribution in [2.45, 2.75) is 11.1 Å². The van der Waals surface area contributed by atoms with Crippen LogP contribution in [0.15, 0.2) is 23.1 Å². The second kappa shape index (κ2) is 6.17. The van der Waals surface area contributed by atoms with Crippen molar-refractivity contribution >= 4 is 27.3 Å². The van der Waals surface area contributed by atoms with E-state index in [1.54, 1.807) is 0 Å². The normalized spacial score (nSPS) is 12.9. The van der Waals surface area contributed by atoms with E-state index in [4.69, 9.17) is 22.4 Å². The summed E-state index contributed by atoms with van der Waals surface area (Å²) in [6, 6.07) is 3.35. The fourth-order valence-corrected chi connectivity index (χ4v) is 3.18. The van der Waals surface area contributed by atoms with Gasteiger partial charge < -0.3 is 10.8 Å². The Morgan fingerprint density at radius 3 is 2.40 bits per heavy atom. The lowest BCUT2D eigenvalue weighted by molar-refractivity contribution is -0.136. The molecule has 0 aliphatic heterocycles. The van der Waals surface area contributed by atoms with Gasteiger partial charge in [-0.1, -0.05) is 11.6 Å². The van der Waals surface area contributed by atoms with Crippen LogP contribution < -0.4 is 5.73 Å². The van der Waals surface area contributed by atoms with Crippen molar-refractivity contribution in [3.8, 4) is 0 Å². The van der Waals surface area contributed by atoms with Crippen LogP contribution in [0, 0.1) is 0 Å². The summed E-state index contributed by atoms with van der Waals surface area (Å²) in [6.07, 6.45) is -4.73. The molecule has 1 aromatic rings. The first-order valence-electron chi connectivity index (χ1n) is 5.30. The van der Waals surface area contributed by atoms with E-state index in [-0.39, 0.29) is 15.0 Å². The Hall–Kier alpha value is -1.03. The Morgan fingerprint density at radius 1 is 1.35 bits per heavy atom. The van der Waals surface area contributed by atoms with Crippen LogP contribution in [0.25, 0.3) is 0 Å². The lowest BCUT2D eigenvalue weighted by Gasteiger charge is -2.23. The van der Waals surface area contributed by atoms with Crippen LogP contribution in [-0.4, -0.2) is 43.7 Å². The summed E-state index contributed by atoms with van der Waals surface area (Å²) in [7, 11) is -4.47. The van der Waals surface area contributed by atoms with Gasteiger partial charge in [-0.25, -0.2) is 8.42 Å². The minimum Gasteiger partial charge on any atom is -0.398 e. The van der Waals surface area contributed by atoms with Gasteiger partial charge in [0.25, 0.3) is 0 Å². The molecule has 0 unspecified atom stereocenters. The zero-order valence-corrected chi connectivity index (χ0v) is 11.6. The molecule has 0 fully saturated rings.